The lowest BCUT2D eigenvalue weighted by Gasteiger charge is -2.02. The fraction of sp³-hybridized carbons (Fsp3) is 0.125. The van der Waals surface area contributed by atoms with E-state index in [1.807, 2.05) is 0 Å². The predicted octanol–water partition coefficient (Wildman–Crippen LogP) is 1.92. The third-order valence-corrected chi connectivity index (χ3v) is 1.26. The molecule has 0 unspecified atom stereocenters. The Hall–Kier alpha value is -1.45. The number of carbonyl (C=O) groups is 1. The smallest absolute Gasteiger partial charge is 0.221 e. The number of benzene rings is 1. The van der Waals surface area contributed by atoms with Crippen molar-refractivity contribution in [2.24, 2.45) is 0 Å². The van der Waals surface area contributed by atoms with Crippen LogP contribution in [-0.4, -0.2) is 5.91 Å². The molecule has 1 amide bonds. The van der Waals surface area contributed by atoms with Crippen LogP contribution in [0.5, 0.6) is 0 Å². The molecule has 0 aliphatic rings. The maximum atomic E-state index is 12.8. The summed E-state index contributed by atoms with van der Waals surface area (Å²) < 4.78 is 25.3. The fourth-order valence-electron chi connectivity index (χ4n) is 0.790. The van der Waals surface area contributed by atoms with Crippen molar-refractivity contribution in [3.63, 3.8) is 0 Å². The van der Waals surface area contributed by atoms with Crippen LogP contribution in [0.15, 0.2) is 18.2 Å². The van der Waals surface area contributed by atoms with Gasteiger partial charge in [-0.15, -0.1) is 0 Å². The first-order valence-electron chi connectivity index (χ1n) is 3.33. The number of rotatable bonds is 1. The summed E-state index contributed by atoms with van der Waals surface area (Å²) >= 11 is 0. The van der Waals surface area contributed by atoms with Gasteiger partial charge in [-0.25, -0.2) is 8.78 Å². The first kappa shape index (κ1) is 8.64. The van der Waals surface area contributed by atoms with E-state index in [0.717, 1.165) is 6.07 Å². The van der Waals surface area contributed by atoms with Gasteiger partial charge in [-0.05, 0) is 12.1 Å². The van der Waals surface area contributed by atoms with E-state index in [1.54, 1.807) is 0 Å². The second-order valence-electron chi connectivity index (χ2n) is 2.28. The van der Waals surface area contributed by atoms with Gasteiger partial charge in [0, 0.05) is 6.92 Å². The number of carbonyl (C=O) groups excluding carboxylic acids is 1. The molecule has 0 bridgehead atoms. The van der Waals surface area contributed by atoms with Crippen LogP contribution in [0.25, 0.3) is 0 Å². The van der Waals surface area contributed by atoms with Gasteiger partial charge < -0.3 is 5.32 Å². The molecule has 0 saturated carbocycles. The Kier molecular flexibility index (Phi) is 2.38. The van der Waals surface area contributed by atoms with E-state index in [9.17, 15) is 13.6 Å². The van der Waals surface area contributed by atoms with Crippen LogP contribution in [-0.2, 0) is 4.79 Å². The molecule has 0 aromatic heterocycles. The molecular formula is C8H7F2NO. The topological polar surface area (TPSA) is 29.1 Å². The number of amides is 1. The van der Waals surface area contributed by atoms with Crippen LogP contribution in [0.3, 0.4) is 0 Å². The van der Waals surface area contributed by atoms with Crippen molar-refractivity contribution in [1.29, 1.82) is 0 Å². The van der Waals surface area contributed by atoms with E-state index in [1.165, 1.54) is 19.1 Å². The van der Waals surface area contributed by atoms with Crippen molar-refractivity contribution in [2.75, 3.05) is 5.32 Å². The summed E-state index contributed by atoms with van der Waals surface area (Å²) in [5.41, 5.74) is -0.137. The third kappa shape index (κ3) is 1.78. The standard InChI is InChI=1S/C8H7F2NO/c1-5(12)11-7-4-2-3-6(9)8(7)10/h2-4H,1H3,(H,11,12). The molecule has 12 heavy (non-hydrogen) atoms. The Bertz CT molecular complexity index is 312. The lowest BCUT2D eigenvalue weighted by Crippen LogP contribution is -2.08. The number of anilines is 1. The quantitative estimate of drug-likeness (QED) is 0.687. The van der Waals surface area contributed by atoms with Gasteiger partial charge in [-0.1, -0.05) is 6.07 Å². The molecule has 1 aromatic carbocycles. The van der Waals surface area contributed by atoms with Crippen LogP contribution >= 0.6 is 0 Å². The monoisotopic (exact) mass is 171 g/mol. The highest BCUT2D eigenvalue weighted by Gasteiger charge is 2.07. The Morgan fingerprint density at radius 3 is 2.67 bits per heavy atom. The summed E-state index contributed by atoms with van der Waals surface area (Å²) in [7, 11) is 0. The van der Waals surface area contributed by atoms with Gasteiger partial charge in [0.15, 0.2) is 11.6 Å². The fourth-order valence-corrected chi connectivity index (χ4v) is 0.790. The molecule has 0 spiro atoms. The zero-order valence-electron chi connectivity index (χ0n) is 6.40. The lowest BCUT2D eigenvalue weighted by molar-refractivity contribution is -0.114. The first-order chi connectivity index (χ1) is 5.61. The molecule has 0 radical (unpaired) electrons. The van der Waals surface area contributed by atoms with Crippen molar-refractivity contribution in [3.05, 3.63) is 29.8 Å². The molecule has 1 N–H and O–H groups in total. The second kappa shape index (κ2) is 3.30. The zero-order valence-corrected chi connectivity index (χ0v) is 6.40. The first-order valence-corrected chi connectivity index (χ1v) is 3.33. The lowest BCUT2D eigenvalue weighted by atomic mass is 10.3. The summed E-state index contributed by atoms with van der Waals surface area (Å²) in [6, 6.07) is 3.60. The Morgan fingerprint density at radius 1 is 1.42 bits per heavy atom. The van der Waals surface area contributed by atoms with Gasteiger partial charge in [0.25, 0.3) is 0 Å². The molecule has 0 heterocycles. The molecule has 4 heteroatoms. The van der Waals surface area contributed by atoms with Crippen LogP contribution in [0.4, 0.5) is 14.5 Å². The van der Waals surface area contributed by atoms with Gasteiger partial charge in [0.05, 0.1) is 5.69 Å². The maximum Gasteiger partial charge on any atom is 0.221 e. The summed E-state index contributed by atoms with van der Waals surface area (Å²) in [6.07, 6.45) is 0. The minimum atomic E-state index is -1.03. The third-order valence-electron chi connectivity index (χ3n) is 1.26. The Morgan fingerprint density at radius 2 is 2.08 bits per heavy atom. The highest BCUT2D eigenvalue weighted by molar-refractivity contribution is 5.88. The van der Waals surface area contributed by atoms with Crippen molar-refractivity contribution in [1.82, 2.24) is 0 Å². The van der Waals surface area contributed by atoms with Crippen molar-refractivity contribution in [3.8, 4) is 0 Å². The molecular weight excluding hydrogens is 164 g/mol. The summed E-state index contributed by atoms with van der Waals surface area (Å²) in [4.78, 5) is 10.5. The van der Waals surface area contributed by atoms with Crippen molar-refractivity contribution in [2.45, 2.75) is 6.92 Å². The van der Waals surface area contributed by atoms with Gasteiger partial charge in [0.2, 0.25) is 5.91 Å². The summed E-state index contributed by atoms with van der Waals surface area (Å²) in [5.74, 6) is -2.44. The summed E-state index contributed by atoms with van der Waals surface area (Å²) in [5, 5.41) is 2.16. The Labute approximate surface area is 68.2 Å². The van der Waals surface area contributed by atoms with Crippen LogP contribution < -0.4 is 5.32 Å². The largest absolute Gasteiger partial charge is 0.324 e. The van der Waals surface area contributed by atoms with Crippen molar-refractivity contribution < 1.29 is 13.6 Å². The molecule has 2 nitrogen and oxygen atoms in total. The molecule has 64 valence electrons. The molecule has 0 aliphatic carbocycles. The van der Waals surface area contributed by atoms with Gasteiger partial charge in [0.1, 0.15) is 0 Å². The van der Waals surface area contributed by atoms with E-state index in [-0.39, 0.29) is 5.69 Å². The van der Waals surface area contributed by atoms with Gasteiger partial charge >= 0.3 is 0 Å². The molecule has 0 fully saturated rings. The number of hydrogen-bond acceptors (Lipinski definition) is 1. The van der Waals surface area contributed by atoms with Crippen molar-refractivity contribution >= 4 is 11.6 Å². The average Bonchev–Trinajstić information content (AvgIpc) is 1.98. The van der Waals surface area contributed by atoms with E-state index in [4.69, 9.17) is 0 Å². The molecule has 0 saturated heterocycles. The van der Waals surface area contributed by atoms with E-state index in [2.05, 4.69) is 5.32 Å². The SMILES string of the molecule is CC(=O)Nc1cccc(F)c1F. The number of halogens is 2. The minimum Gasteiger partial charge on any atom is -0.324 e. The van der Waals surface area contributed by atoms with Crippen LogP contribution in [0.1, 0.15) is 6.92 Å². The Balaban J connectivity index is 3.00. The number of hydrogen-bond donors (Lipinski definition) is 1. The van der Waals surface area contributed by atoms with Gasteiger partial charge in [-0.2, -0.15) is 0 Å². The average molecular weight is 171 g/mol. The molecule has 1 rings (SSSR count). The van der Waals surface area contributed by atoms with Gasteiger partial charge in [-0.3, -0.25) is 4.79 Å². The minimum absolute atomic E-state index is 0.137. The normalized spacial score (nSPS) is 9.58. The highest BCUT2D eigenvalue weighted by atomic mass is 19.2. The number of nitrogens with one attached hydrogen (secondary N) is 1. The van der Waals surface area contributed by atoms with E-state index in [0.29, 0.717) is 0 Å². The van der Waals surface area contributed by atoms with Crippen LogP contribution in [0.2, 0.25) is 0 Å². The van der Waals surface area contributed by atoms with E-state index >= 15 is 0 Å². The highest BCUT2D eigenvalue weighted by Crippen LogP contribution is 2.15. The van der Waals surface area contributed by atoms with E-state index < -0.39 is 17.5 Å². The zero-order chi connectivity index (χ0) is 9.14. The second-order valence-corrected chi connectivity index (χ2v) is 2.28. The van der Waals surface area contributed by atoms with Crippen LogP contribution in [0, 0.1) is 11.6 Å². The molecule has 0 aliphatic heterocycles. The molecule has 0 atom stereocenters. The summed E-state index contributed by atoms with van der Waals surface area (Å²) in [6.45, 7) is 1.23. The predicted molar refractivity (Wildman–Crippen MR) is 40.7 cm³/mol. The maximum absolute atomic E-state index is 12.8. The molecule has 1 aromatic rings.